The van der Waals surface area contributed by atoms with Gasteiger partial charge < -0.3 is 14.8 Å². The van der Waals surface area contributed by atoms with E-state index >= 15 is 0 Å². The van der Waals surface area contributed by atoms with Gasteiger partial charge in [0.1, 0.15) is 11.6 Å². The van der Waals surface area contributed by atoms with Gasteiger partial charge in [-0.05, 0) is 16.8 Å². The first kappa shape index (κ1) is 17.5. The molecule has 0 aliphatic rings. The molecule has 0 amide bonds. The second-order valence-electron chi connectivity index (χ2n) is 6.42. The van der Waals surface area contributed by atoms with Gasteiger partial charge in [0.25, 0.3) is 0 Å². The Bertz CT molecular complexity index is 1080. The van der Waals surface area contributed by atoms with Crippen molar-refractivity contribution in [2.45, 2.75) is 5.85 Å². The summed E-state index contributed by atoms with van der Waals surface area (Å²) in [5.74, 6) is -1.43. The summed E-state index contributed by atoms with van der Waals surface area (Å²) in [6.45, 7) is 0. The lowest BCUT2D eigenvalue weighted by Crippen LogP contribution is -2.21. The molecule has 0 heterocycles. The molecule has 4 aromatic rings. The van der Waals surface area contributed by atoms with Crippen molar-refractivity contribution in [3.63, 3.8) is 0 Å². The molecule has 4 heteroatoms. The van der Waals surface area contributed by atoms with E-state index in [9.17, 15) is 14.8 Å². The van der Waals surface area contributed by atoms with Crippen molar-refractivity contribution in [2.75, 3.05) is 0 Å². The fourth-order valence-electron chi connectivity index (χ4n) is 3.47. The summed E-state index contributed by atoms with van der Waals surface area (Å²) in [6.07, 6.45) is 0. The minimum absolute atomic E-state index is 0.0618. The van der Waals surface area contributed by atoms with Crippen molar-refractivity contribution in [2.24, 2.45) is 0 Å². The van der Waals surface area contributed by atoms with Crippen molar-refractivity contribution in [3.05, 3.63) is 103 Å². The zero-order valence-electron chi connectivity index (χ0n) is 14.6. The number of aliphatic hydroxyl groups is 1. The van der Waals surface area contributed by atoms with Crippen molar-refractivity contribution in [1.29, 1.82) is 0 Å². The quantitative estimate of drug-likeness (QED) is 0.515. The molecule has 0 aliphatic carbocycles. The maximum atomic E-state index is 14.4. The number of phenols is 1. The highest BCUT2D eigenvalue weighted by Gasteiger charge is 2.38. The first-order valence-electron chi connectivity index (χ1n) is 8.72. The van der Waals surface area contributed by atoms with Gasteiger partial charge in [-0.1, -0.05) is 91.0 Å². The van der Waals surface area contributed by atoms with Crippen molar-refractivity contribution in [1.82, 2.24) is 0 Å². The molecule has 3 nitrogen and oxygen atoms in total. The number of aromatic hydroxyl groups is 1. The average molecular weight is 374 g/mol. The van der Waals surface area contributed by atoms with Gasteiger partial charge in [-0.3, -0.25) is 0 Å². The van der Waals surface area contributed by atoms with Crippen LogP contribution in [-0.2, 0) is 4.57 Å². The smallest absolute Gasteiger partial charge is 0.174 e. The predicted octanol–water partition coefficient (Wildman–Crippen LogP) is 4.55. The molecule has 0 saturated carbocycles. The maximum absolute atomic E-state index is 14.4. The Morgan fingerprint density at radius 3 is 1.78 bits per heavy atom. The fourth-order valence-corrected chi connectivity index (χ4v) is 6.20. The second-order valence-corrected chi connectivity index (χ2v) is 9.26. The Morgan fingerprint density at radius 2 is 1.19 bits per heavy atom. The number of hydrogen-bond acceptors (Lipinski definition) is 3. The summed E-state index contributed by atoms with van der Waals surface area (Å²) in [5, 5.41) is 24.6. The number of benzene rings is 4. The molecule has 2 N–H and O–H groups in total. The van der Waals surface area contributed by atoms with Gasteiger partial charge in [0, 0.05) is 16.2 Å². The molecule has 4 aromatic carbocycles. The van der Waals surface area contributed by atoms with E-state index in [2.05, 4.69) is 0 Å². The van der Waals surface area contributed by atoms with Gasteiger partial charge in [0.05, 0.1) is 0 Å². The number of rotatable bonds is 4. The zero-order valence-corrected chi connectivity index (χ0v) is 15.5. The number of aliphatic hydroxyl groups excluding tert-OH is 1. The van der Waals surface area contributed by atoms with Crippen LogP contribution < -0.4 is 10.6 Å². The van der Waals surface area contributed by atoms with E-state index in [4.69, 9.17) is 0 Å². The summed E-state index contributed by atoms with van der Waals surface area (Å²) in [4.78, 5) is 0. The van der Waals surface area contributed by atoms with Crippen LogP contribution in [0.1, 0.15) is 11.4 Å². The Balaban J connectivity index is 2.01. The molecular weight excluding hydrogens is 355 g/mol. The minimum Gasteiger partial charge on any atom is -0.508 e. The Labute approximate surface area is 157 Å². The molecule has 0 aromatic heterocycles. The fraction of sp³-hybridized carbons (Fsp3) is 0.0435. The lowest BCUT2D eigenvalue weighted by atomic mass is 10.0. The second kappa shape index (κ2) is 7.03. The first-order valence-corrected chi connectivity index (χ1v) is 10.5. The van der Waals surface area contributed by atoms with Gasteiger partial charge >= 0.3 is 0 Å². The van der Waals surface area contributed by atoms with Crippen LogP contribution in [-0.4, -0.2) is 10.2 Å². The highest BCUT2D eigenvalue weighted by Crippen LogP contribution is 2.58. The zero-order chi connectivity index (χ0) is 18.9. The highest BCUT2D eigenvalue weighted by molar-refractivity contribution is 7.78. The van der Waals surface area contributed by atoms with Gasteiger partial charge in [-0.2, -0.15) is 0 Å². The van der Waals surface area contributed by atoms with E-state index in [1.54, 1.807) is 60.7 Å². The molecule has 0 radical (unpaired) electrons. The summed E-state index contributed by atoms with van der Waals surface area (Å²) >= 11 is 0. The summed E-state index contributed by atoms with van der Waals surface area (Å²) in [5.41, 5.74) is 0.295. The van der Waals surface area contributed by atoms with E-state index < -0.39 is 13.0 Å². The number of phenolic OH excluding ortho intramolecular Hbond substituents is 1. The largest absolute Gasteiger partial charge is 0.508 e. The molecule has 4 rings (SSSR count). The summed E-state index contributed by atoms with van der Waals surface area (Å²) in [6, 6.07) is 28.8. The number of fused-ring (bicyclic) bond motifs is 1. The topological polar surface area (TPSA) is 57.5 Å². The van der Waals surface area contributed by atoms with E-state index in [-0.39, 0.29) is 5.75 Å². The predicted molar refractivity (Wildman–Crippen MR) is 110 cm³/mol. The lowest BCUT2D eigenvalue weighted by molar-refractivity contribution is 0.253. The molecule has 0 fully saturated rings. The van der Waals surface area contributed by atoms with Crippen molar-refractivity contribution >= 4 is 28.5 Å². The molecule has 0 unspecified atom stereocenters. The summed E-state index contributed by atoms with van der Waals surface area (Å²) in [7, 11) is -3.47. The first-order chi connectivity index (χ1) is 13.1. The third-order valence-electron chi connectivity index (χ3n) is 4.83. The van der Waals surface area contributed by atoms with E-state index in [0.717, 1.165) is 5.39 Å². The van der Waals surface area contributed by atoms with Crippen LogP contribution in [0.15, 0.2) is 97.1 Å². The Hall–Kier alpha value is -2.87. The van der Waals surface area contributed by atoms with E-state index in [0.29, 0.717) is 21.6 Å². The molecule has 0 saturated heterocycles. The monoisotopic (exact) mass is 374 g/mol. The Kier molecular flexibility index (Phi) is 4.57. The van der Waals surface area contributed by atoms with Crippen LogP contribution in [0.25, 0.3) is 10.8 Å². The maximum Gasteiger partial charge on any atom is 0.174 e. The van der Waals surface area contributed by atoms with Gasteiger partial charge in [-0.15, -0.1) is 0 Å². The van der Waals surface area contributed by atoms with Gasteiger partial charge in [0.2, 0.25) is 0 Å². The SMILES string of the molecule is O=P(c1ccccc1)(c1ccccc1)[C@@H](O)c1c(O)ccc2ccccc12. The number of hydrogen-bond donors (Lipinski definition) is 2. The summed E-state index contributed by atoms with van der Waals surface area (Å²) < 4.78 is 14.4. The molecule has 134 valence electrons. The van der Waals surface area contributed by atoms with Crippen LogP contribution in [0, 0.1) is 0 Å². The molecule has 27 heavy (non-hydrogen) atoms. The van der Waals surface area contributed by atoms with E-state index in [1.807, 2.05) is 36.4 Å². The highest BCUT2D eigenvalue weighted by atomic mass is 31.2. The van der Waals surface area contributed by atoms with E-state index in [1.165, 1.54) is 0 Å². The van der Waals surface area contributed by atoms with Crippen LogP contribution in [0.3, 0.4) is 0 Å². The van der Waals surface area contributed by atoms with Crippen LogP contribution >= 0.6 is 7.14 Å². The van der Waals surface area contributed by atoms with Gasteiger partial charge in [0.15, 0.2) is 7.14 Å². The average Bonchev–Trinajstić information content (AvgIpc) is 2.74. The molecule has 1 atom stereocenters. The van der Waals surface area contributed by atoms with Crippen LogP contribution in [0.4, 0.5) is 0 Å². The minimum atomic E-state index is -3.47. The third kappa shape index (κ3) is 2.95. The van der Waals surface area contributed by atoms with Crippen LogP contribution in [0.5, 0.6) is 5.75 Å². The lowest BCUT2D eigenvalue weighted by Gasteiger charge is -2.26. The molecular formula is C23H19O3P. The van der Waals surface area contributed by atoms with Gasteiger partial charge in [-0.25, -0.2) is 0 Å². The Morgan fingerprint density at radius 1 is 0.667 bits per heavy atom. The van der Waals surface area contributed by atoms with Crippen molar-refractivity contribution in [3.8, 4) is 5.75 Å². The molecule has 0 spiro atoms. The normalized spacial score (nSPS) is 12.8. The third-order valence-corrected chi connectivity index (χ3v) is 7.91. The van der Waals surface area contributed by atoms with Crippen molar-refractivity contribution < 1.29 is 14.8 Å². The molecule has 0 bridgehead atoms. The van der Waals surface area contributed by atoms with Crippen LogP contribution in [0.2, 0.25) is 0 Å². The molecule has 0 aliphatic heterocycles. The standard InChI is InChI=1S/C23H19O3P/c24-21-16-15-17-9-7-8-14-20(17)22(21)23(25)27(26,18-10-3-1-4-11-18)19-12-5-2-6-13-19/h1-16,23-25H/t23-/m1/s1.